The zero-order valence-electron chi connectivity index (χ0n) is 12.0. The minimum Gasteiger partial charge on any atom is -0.497 e. The first kappa shape index (κ1) is 15.6. The van der Waals surface area contributed by atoms with Crippen LogP contribution in [0.3, 0.4) is 0 Å². The molecular formula is C16H18ClFN2O. The van der Waals surface area contributed by atoms with Crippen LogP contribution in [0.5, 0.6) is 5.75 Å². The fourth-order valence-electron chi connectivity index (χ4n) is 2.26. The topological polar surface area (TPSA) is 38.5 Å². The number of nitrogens with two attached hydrogens (primary N) is 1. The van der Waals surface area contributed by atoms with E-state index in [9.17, 15) is 4.39 Å². The van der Waals surface area contributed by atoms with E-state index in [1.165, 1.54) is 12.1 Å². The van der Waals surface area contributed by atoms with Crippen molar-refractivity contribution < 1.29 is 9.13 Å². The highest BCUT2D eigenvalue weighted by atomic mass is 35.5. The molecule has 2 rings (SSSR count). The monoisotopic (exact) mass is 308 g/mol. The summed E-state index contributed by atoms with van der Waals surface area (Å²) in [6.45, 7) is 0.278. The first-order chi connectivity index (χ1) is 10.1. The fraction of sp³-hybridized carbons (Fsp3) is 0.250. The quantitative estimate of drug-likeness (QED) is 0.917. The van der Waals surface area contributed by atoms with Crippen LogP contribution in [0.2, 0.25) is 5.02 Å². The van der Waals surface area contributed by atoms with Gasteiger partial charge in [0.2, 0.25) is 0 Å². The van der Waals surface area contributed by atoms with E-state index in [0.29, 0.717) is 10.6 Å². The molecule has 2 aromatic rings. The number of benzene rings is 2. The predicted octanol–water partition coefficient (Wildman–Crippen LogP) is 3.62. The highest BCUT2D eigenvalue weighted by Gasteiger charge is 2.20. The number of likely N-dealkylation sites (N-methyl/N-ethyl adjacent to an activating group) is 1. The molecule has 0 saturated carbocycles. The minimum atomic E-state index is -0.310. The van der Waals surface area contributed by atoms with Gasteiger partial charge in [0.25, 0.3) is 0 Å². The van der Waals surface area contributed by atoms with E-state index in [1.807, 2.05) is 36.2 Å². The number of hydrogen-bond acceptors (Lipinski definition) is 3. The summed E-state index contributed by atoms with van der Waals surface area (Å²) in [6, 6.07) is 11.7. The molecule has 0 radical (unpaired) electrons. The molecule has 21 heavy (non-hydrogen) atoms. The molecule has 2 N–H and O–H groups in total. The van der Waals surface area contributed by atoms with Crippen molar-refractivity contribution in [2.24, 2.45) is 5.73 Å². The van der Waals surface area contributed by atoms with Crippen LogP contribution in [0.1, 0.15) is 11.6 Å². The van der Waals surface area contributed by atoms with Crippen molar-refractivity contribution in [1.29, 1.82) is 0 Å². The number of ether oxygens (including phenoxy) is 1. The third-order valence-corrected chi connectivity index (χ3v) is 3.72. The number of methoxy groups -OCH3 is 1. The lowest BCUT2D eigenvalue weighted by molar-refractivity contribution is 0.415. The standard InChI is InChI=1S/C16H18ClFN2O/c1-20(12-4-6-13(21-2)7-5-12)16(10-19)14-9-11(17)3-8-15(14)18/h3-9,16H,10,19H2,1-2H3. The van der Waals surface area contributed by atoms with Crippen molar-refractivity contribution in [3.63, 3.8) is 0 Å². The highest BCUT2D eigenvalue weighted by Crippen LogP contribution is 2.29. The molecule has 3 nitrogen and oxygen atoms in total. The maximum absolute atomic E-state index is 14.0. The summed E-state index contributed by atoms with van der Waals surface area (Å²) in [6.07, 6.45) is 0. The number of hydrogen-bond donors (Lipinski definition) is 1. The molecule has 1 unspecified atom stereocenters. The second-order valence-corrected chi connectivity index (χ2v) is 5.16. The lowest BCUT2D eigenvalue weighted by atomic mass is 10.0. The SMILES string of the molecule is COc1ccc(N(C)C(CN)c2cc(Cl)ccc2F)cc1. The van der Waals surface area contributed by atoms with Crippen LogP contribution in [-0.4, -0.2) is 20.7 Å². The van der Waals surface area contributed by atoms with Crippen molar-refractivity contribution >= 4 is 17.3 Å². The summed E-state index contributed by atoms with van der Waals surface area (Å²) >= 11 is 5.97. The molecule has 5 heteroatoms. The van der Waals surface area contributed by atoms with Gasteiger partial charge >= 0.3 is 0 Å². The van der Waals surface area contributed by atoms with E-state index in [1.54, 1.807) is 13.2 Å². The molecule has 0 aliphatic heterocycles. The van der Waals surface area contributed by atoms with Crippen molar-refractivity contribution in [3.05, 3.63) is 58.9 Å². The largest absolute Gasteiger partial charge is 0.497 e. The highest BCUT2D eigenvalue weighted by molar-refractivity contribution is 6.30. The Morgan fingerprint density at radius 3 is 2.48 bits per heavy atom. The van der Waals surface area contributed by atoms with Gasteiger partial charge in [0.15, 0.2) is 0 Å². The van der Waals surface area contributed by atoms with Crippen LogP contribution in [0, 0.1) is 5.82 Å². The summed E-state index contributed by atoms with van der Waals surface area (Å²) in [7, 11) is 3.49. The van der Waals surface area contributed by atoms with E-state index in [2.05, 4.69) is 0 Å². The van der Waals surface area contributed by atoms with Gasteiger partial charge in [-0.1, -0.05) is 11.6 Å². The van der Waals surface area contributed by atoms with Gasteiger partial charge < -0.3 is 15.4 Å². The number of halogens is 2. The summed E-state index contributed by atoms with van der Waals surface area (Å²) in [5.74, 6) is 0.459. The van der Waals surface area contributed by atoms with Crippen LogP contribution < -0.4 is 15.4 Å². The van der Waals surface area contributed by atoms with Gasteiger partial charge in [-0.15, -0.1) is 0 Å². The molecule has 0 spiro atoms. The number of rotatable bonds is 5. The number of anilines is 1. The normalized spacial score (nSPS) is 12.0. The zero-order valence-corrected chi connectivity index (χ0v) is 12.8. The van der Waals surface area contributed by atoms with Crippen molar-refractivity contribution in [3.8, 4) is 5.75 Å². The van der Waals surface area contributed by atoms with Crippen LogP contribution in [0.15, 0.2) is 42.5 Å². The average Bonchev–Trinajstić information content (AvgIpc) is 2.51. The van der Waals surface area contributed by atoms with Gasteiger partial charge in [-0.2, -0.15) is 0 Å². The number of nitrogens with zero attached hydrogens (tertiary/aromatic N) is 1. The Morgan fingerprint density at radius 2 is 1.90 bits per heavy atom. The minimum absolute atomic E-state index is 0.278. The summed E-state index contributed by atoms with van der Waals surface area (Å²) in [5, 5.41) is 0.494. The lowest BCUT2D eigenvalue weighted by Gasteiger charge is -2.30. The predicted molar refractivity (Wildman–Crippen MR) is 84.6 cm³/mol. The van der Waals surface area contributed by atoms with Gasteiger partial charge in [-0.3, -0.25) is 0 Å². The lowest BCUT2D eigenvalue weighted by Crippen LogP contribution is -2.31. The second-order valence-electron chi connectivity index (χ2n) is 4.73. The van der Waals surface area contributed by atoms with E-state index in [0.717, 1.165) is 11.4 Å². The van der Waals surface area contributed by atoms with Gasteiger partial charge in [0.1, 0.15) is 11.6 Å². The van der Waals surface area contributed by atoms with E-state index < -0.39 is 0 Å². The van der Waals surface area contributed by atoms with E-state index in [4.69, 9.17) is 22.1 Å². The molecule has 0 heterocycles. The maximum Gasteiger partial charge on any atom is 0.128 e. The summed E-state index contributed by atoms with van der Waals surface area (Å²) in [5.41, 5.74) is 7.25. The van der Waals surface area contributed by atoms with Crippen LogP contribution in [0.25, 0.3) is 0 Å². The van der Waals surface area contributed by atoms with Crippen LogP contribution in [0.4, 0.5) is 10.1 Å². The molecule has 2 aromatic carbocycles. The Balaban J connectivity index is 2.33. The van der Waals surface area contributed by atoms with Crippen LogP contribution in [-0.2, 0) is 0 Å². The smallest absolute Gasteiger partial charge is 0.128 e. The molecule has 0 bridgehead atoms. The molecule has 1 atom stereocenters. The van der Waals surface area contributed by atoms with Crippen molar-refractivity contribution in [2.75, 3.05) is 25.6 Å². The van der Waals surface area contributed by atoms with E-state index >= 15 is 0 Å². The van der Waals surface area contributed by atoms with Gasteiger partial charge in [-0.25, -0.2) is 4.39 Å². The zero-order chi connectivity index (χ0) is 15.4. The molecule has 0 aromatic heterocycles. The molecule has 0 amide bonds. The Kier molecular flexibility index (Phi) is 5.04. The molecule has 0 aliphatic rings. The second kappa shape index (κ2) is 6.78. The summed E-state index contributed by atoms with van der Waals surface area (Å²) in [4.78, 5) is 1.92. The average molecular weight is 309 g/mol. The Morgan fingerprint density at radius 1 is 1.24 bits per heavy atom. The Labute approximate surface area is 129 Å². The molecule has 0 fully saturated rings. The fourth-order valence-corrected chi connectivity index (χ4v) is 2.44. The first-order valence-electron chi connectivity index (χ1n) is 6.58. The third-order valence-electron chi connectivity index (χ3n) is 3.49. The maximum atomic E-state index is 14.0. The van der Waals surface area contributed by atoms with Gasteiger partial charge in [0.05, 0.1) is 13.2 Å². The van der Waals surface area contributed by atoms with Crippen LogP contribution >= 0.6 is 11.6 Å². The molecule has 112 valence electrons. The Bertz CT molecular complexity index is 604. The van der Waals surface area contributed by atoms with Gasteiger partial charge in [-0.05, 0) is 42.5 Å². The summed E-state index contributed by atoms with van der Waals surface area (Å²) < 4.78 is 19.2. The van der Waals surface area contributed by atoms with Crippen molar-refractivity contribution in [1.82, 2.24) is 0 Å². The van der Waals surface area contributed by atoms with Gasteiger partial charge in [0, 0.05) is 29.9 Å². The third kappa shape index (κ3) is 3.46. The molecule has 0 saturated heterocycles. The Hall–Kier alpha value is -1.78. The molecular weight excluding hydrogens is 291 g/mol. The van der Waals surface area contributed by atoms with Crippen molar-refractivity contribution in [2.45, 2.75) is 6.04 Å². The van der Waals surface area contributed by atoms with E-state index in [-0.39, 0.29) is 18.4 Å². The molecule has 0 aliphatic carbocycles. The first-order valence-corrected chi connectivity index (χ1v) is 6.96.